The predicted octanol–water partition coefficient (Wildman–Crippen LogP) is 5.34. The number of hydrogen-bond donors (Lipinski definition) is 1. The van der Waals surface area contributed by atoms with Crippen molar-refractivity contribution < 1.29 is 14.3 Å². The molecule has 1 unspecified atom stereocenters. The summed E-state index contributed by atoms with van der Waals surface area (Å²) in [5.41, 5.74) is 5.49. The van der Waals surface area contributed by atoms with Crippen LogP contribution in [0.1, 0.15) is 32.4 Å². The van der Waals surface area contributed by atoms with Gasteiger partial charge < -0.3 is 10.1 Å². The number of nitrogens with one attached hydrogen (secondary N) is 1. The molecule has 6 heteroatoms. The number of thioether (sulfide) groups is 1. The molecule has 0 bridgehead atoms. The SMILES string of the molecule is COc1cccc(C(=O)Nc2ccc(C3SCC(=O)N3c3cccc(C)c3C)cc2)c1. The van der Waals surface area contributed by atoms with E-state index in [1.165, 1.54) is 0 Å². The molecule has 31 heavy (non-hydrogen) atoms. The minimum absolute atomic E-state index is 0.0869. The van der Waals surface area contributed by atoms with Gasteiger partial charge in [0.1, 0.15) is 11.1 Å². The molecule has 0 saturated carbocycles. The molecule has 3 aromatic rings. The molecule has 0 spiro atoms. The second-order valence-corrected chi connectivity index (χ2v) is 8.52. The van der Waals surface area contributed by atoms with Crippen LogP contribution in [0.25, 0.3) is 0 Å². The fourth-order valence-corrected chi connectivity index (χ4v) is 4.80. The summed E-state index contributed by atoms with van der Waals surface area (Å²) in [4.78, 5) is 27.1. The molecular weight excluding hydrogens is 408 g/mol. The summed E-state index contributed by atoms with van der Waals surface area (Å²) in [5.74, 6) is 0.998. The van der Waals surface area contributed by atoms with Crippen LogP contribution in [-0.2, 0) is 4.79 Å². The number of methoxy groups -OCH3 is 1. The summed E-state index contributed by atoms with van der Waals surface area (Å²) in [6, 6.07) is 20.8. The van der Waals surface area contributed by atoms with E-state index < -0.39 is 0 Å². The van der Waals surface area contributed by atoms with Crippen molar-refractivity contribution >= 4 is 35.0 Å². The van der Waals surface area contributed by atoms with E-state index in [9.17, 15) is 9.59 Å². The summed E-state index contributed by atoms with van der Waals surface area (Å²) in [5, 5.41) is 2.83. The summed E-state index contributed by atoms with van der Waals surface area (Å²) < 4.78 is 5.18. The predicted molar refractivity (Wildman–Crippen MR) is 126 cm³/mol. The molecule has 5 nitrogen and oxygen atoms in total. The lowest BCUT2D eigenvalue weighted by Crippen LogP contribution is -2.28. The van der Waals surface area contributed by atoms with Gasteiger partial charge in [-0.15, -0.1) is 11.8 Å². The van der Waals surface area contributed by atoms with E-state index in [1.54, 1.807) is 43.1 Å². The average molecular weight is 433 g/mol. The summed E-state index contributed by atoms with van der Waals surface area (Å²) in [6.45, 7) is 4.11. The smallest absolute Gasteiger partial charge is 0.255 e. The third-order valence-corrected chi connectivity index (χ3v) is 6.70. The molecule has 0 aromatic heterocycles. The standard InChI is InChI=1S/C25H24N2O3S/c1-16-6-4-9-22(17(16)2)27-23(28)15-31-25(27)18-10-12-20(13-11-18)26-24(29)19-7-5-8-21(14-19)30-3/h4-14,25H,15H2,1-3H3,(H,26,29). The zero-order valence-corrected chi connectivity index (χ0v) is 18.5. The molecule has 1 atom stereocenters. The Bertz CT molecular complexity index is 1130. The molecule has 3 aromatic carbocycles. The van der Waals surface area contributed by atoms with Crippen molar-refractivity contribution in [3.05, 3.63) is 89.0 Å². The van der Waals surface area contributed by atoms with Gasteiger partial charge in [-0.1, -0.05) is 30.3 Å². The van der Waals surface area contributed by atoms with E-state index >= 15 is 0 Å². The number of ether oxygens (including phenoxy) is 1. The molecule has 1 fully saturated rings. The first-order chi connectivity index (χ1) is 15.0. The second-order valence-electron chi connectivity index (χ2n) is 7.45. The minimum atomic E-state index is -0.200. The number of amides is 2. The number of benzene rings is 3. The van der Waals surface area contributed by atoms with Crippen molar-refractivity contribution in [3.8, 4) is 5.75 Å². The molecule has 2 amide bonds. The molecular formula is C25H24N2O3S. The van der Waals surface area contributed by atoms with E-state index in [1.807, 2.05) is 41.3 Å². The van der Waals surface area contributed by atoms with Crippen molar-refractivity contribution in [2.45, 2.75) is 19.2 Å². The normalized spacial score (nSPS) is 15.8. The number of nitrogens with zero attached hydrogens (tertiary/aromatic N) is 1. The lowest BCUT2D eigenvalue weighted by Gasteiger charge is -2.26. The van der Waals surface area contributed by atoms with Gasteiger partial charge in [0.15, 0.2) is 0 Å². The number of rotatable bonds is 5. The topological polar surface area (TPSA) is 58.6 Å². The molecule has 1 N–H and O–H groups in total. The van der Waals surface area contributed by atoms with Gasteiger partial charge in [-0.25, -0.2) is 0 Å². The maximum atomic E-state index is 12.7. The number of carbonyl (C=O) groups excluding carboxylic acids is 2. The van der Waals surface area contributed by atoms with Crippen molar-refractivity contribution in [2.24, 2.45) is 0 Å². The Morgan fingerprint density at radius 3 is 2.55 bits per heavy atom. The Kier molecular flexibility index (Phi) is 6.00. The van der Waals surface area contributed by atoms with Gasteiger partial charge in [-0.3, -0.25) is 14.5 Å². The highest BCUT2D eigenvalue weighted by molar-refractivity contribution is 8.00. The van der Waals surface area contributed by atoms with Crippen LogP contribution in [0, 0.1) is 13.8 Å². The van der Waals surface area contributed by atoms with Gasteiger partial charge >= 0.3 is 0 Å². The first-order valence-electron chi connectivity index (χ1n) is 10.0. The molecule has 1 heterocycles. The van der Waals surface area contributed by atoms with E-state index in [4.69, 9.17) is 4.74 Å². The van der Waals surface area contributed by atoms with Gasteiger partial charge in [-0.05, 0) is 66.9 Å². The summed E-state index contributed by atoms with van der Waals surface area (Å²) >= 11 is 1.62. The van der Waals surface area contributed by atoms with Crippen LogP contribution in [0.15, 0.2) is 66.7 Å². The fraction of sp³-hybridized carbons (Fsp3) is 0.200. The Balaban J connectivity index is 1.54. The largest absolute Gasteiger partial charge is 0.497 e. The Morgan fingerprint density at radius 2 is 1.81 bits per heavy atom. The Morgan fingerprint density at radius 1 is 1.06 bits per heavy atom. The minimum Gasteiger partial charge on any atom is -0.497 e. The number of carbonyl (C=O) groups is 2. The molecule has 4 rings (SSSR count). The number of anilines is 2. The Labute approximate surface area is 186 Å². The maximum Gasteiger partial charge on any atom is 0.255 e. The van der Waals surface area contributed by atoms with Crippen molar-refractivity contribution in [1.82, 2.24) is 0 Å². The fourth-order valence-electron chi connectivity index (χ4n) is 3.63. The third kappa shape index (κ3) is 4.30. The maximum absolute atomic E-state index is 12.7. The van der Waals surface area contributed by atoms with Crippen LogP contribution in [0.2, 0.25) is 0 Å². The Hall–Kier alpha value is -3.25. The van der Waals surface area contributed by atoms with E-state index in [-0.39, 0.29) is 17.2 Å². The molecule has 0 radical (unpaired) electrons. The van der Waals surface area contributed by atoms with Gasteiger partial charge in [-0.2, -0.15) is 0 Å². The molecule has 1 aliphatic heterocycles. The monoisotopic (exact) mass is 432 g/mol. The molecule has 1 aliphatic rings. The highest BCUT2D eigenvalue weighted by Crippen LogP contribution is 2.43. The number of hydrogen-bond acceptors (Lipinski definition) is 4. The van der Waals surface area contributed by atoms with Gasteiger partial charge in [0.05, 0.1) is 12.9 Å². The van der Waals surface area contributed by atoms with Crippen LogP contribution in [-0.4, -0.2) is 24.7 Å². The van der Waals surface area contributed by atoms with Gasteiger partial charge in [0.2, 0.25) is 5.91 Å². The quantitative estimate of drug-likeness (QED) is 0.591. The highest BCUT2D eigenvalue weighted by atomic mass is 32.2. The van der Waals surface area contributed by atoms with E-state index in [0.29, 0.717) is 22.8 Å². The van der Waals surface area contributed by atoms with E-state index in [0.717, 1.165) is 22.4 Å². The third-order valence-electron chi connectivity index (χ3n) is 5.49. The number of aryl methyl sites for hydroxylation is 1. The molecule has 0 aliphatic carbocycles. The van der Waals surface area contributed by atoms with Crippen molar-refractivity contribution in [3.63, 3.8) is 0 Å². The molecule has 1 saturated heterocycles. The lowest BCUT2D eigenvalue weighted by molar-refractivity contribution is -0.115. The van der Waals surface area contributed by atoms with Crippen molar-refractivity contribution in [2.75, 3.05) is 23.1 Å². The first-order valence-corrected chi connectivity index (χ1v) is 11.1. The van der Waals surface area contributed by atoms with Gasteiger partial charge in [0, 0.05) is 16.9 Å². The van der Waals surface area contributed by atoms with Crippen LogP contribution >= 0.6 is 11.8 Å². The zero-order chi connectivity index (χ0) is 22.0. The van der Waals surface area contributed by atoms with Crippen LogP contribution in [0.3, 0.4) is 0 Å². The first kappa shape index (κ1) is 21.0. The highest BCUT2D eigenvalue weighted by Gasteiger charge is 2.34. The lowest BCUT2D eigenvalue weighted by atomic mass is 10.1. The molecule has 158 valence electrons. The van der Waals surface area contributed by atoms with Crippen LogP contribution in [0.4, 0.5) is 11.4 Å². The van der Waals surface area contributed by atoms with E-state index in [2.05, 4.69) is 25.2 Å². The second kappa shape index (κ2) is 8.86. The summed E-state index contributed by atoms with van der Waals surface area (Å²) in [7, 11) is 1.57. The average Bonchev–Trinajstić information content (AvgIpc) is 3.17. The summed E-state index contributed by atoms with van der Waals surface area (Å²) in [6.07, 6.45) is 0. The van der Waals surface area contributed by atoms with Crippen molar-refractivity contribution in [1.29, 1.82) is 0 Å². The van der Waals surface area contributed by atoms with Crippen LogP contribution < -0.4 is 15.0 Å². The van der Waals surface area contributed by atoms with Gasteiger partial charge in [0.25, 0.3) is 5.91 Å². The van der Waals surface area contributed by atoms with Crippen LogP contribution in [0.5, 0.6) is 5.75 Å². The zero-order valence-electron chi connectivity index (χ0n) is 17.7.